The van der Waals surface area contributed by atoms with Crippen molar-refractivity contribution in [2.45, 2.75) is 26.6 Å². The van der Waals surface area contributed by atoms with Gasteiger partial charge in [-0.3, -0.25) is 14.9 Å². The van der Waals surface area contributed by atoms with Gasteiger partial charge in [-0.15, -0.1) is 0 Å². The molecule has 0 bridgehead atoms. The fraction of sp³-hybridized carbons (Fsp3) is 0.250. The van der Waals surface area contributed by atoms with E-state index in [9.17, 15) is 19.7 Å². The number of esters is 1. The molecule has 0 unspecified atom stereocenters. The van der Waals surface area contributed by atoms with Gasteiger partial charge in [-0.1, -0.05) is 12.1 Å². The molecule has 9 heteroatoms. The largest absolute Gasteiger partial charge is 0.452 e. The summed E-state index contributed by atoms with van der Waals surface area (Å²) >= 11 is 0. The Bertz CT molecular complexity index is 948. The highest BCUT2D eigenvalue weighted by molar-refractivity contribution is 5.96. The van der Waals surface area contributed by atoms with Gasteiger partial charge in [0.25, 0.3) is 11.6 Å². The molecule has 0 aliphatic rings. The van der Waals surface area contributed by atoms with Crippen molar-refractivity contribution < 1.29 is 24.0 Å². The Kier molecular flexibility index (Phi) is 7.40. The number of nitro groups is 1. The first-order valence-electron chi connectivity index (χ1n) is 8.66. The summed E-state index contributed by atoms with van der Waals surface area (Å²) in [5, 5.41) is 22.2. The Morgan fingerprint density at radius 2 is 1.90 bits per heavy atom. The van der Waals surface area contributed by atoms with Gasteiger partial charge >= 0.3 is 5.97 Å². The van der Waals surface area contributed by atoms with E-state index >= 15 is 0 Å². The van der Waals surface area contributed by atoms with E-state index in [1.54, 1.807) is 30.3 Å². The van der Waals surface area contributed by atoms with Crippen LogP contribution >= 0.6 is 0 Å². The van der Waals surface area contributed by atoms with Gasteiger partial charge in [0, 0.05) is 12.1 Å². The minimum Gasteiger partial charge on any atom is -0.452 e. The monoisotopic (exact) mass is 397 g/mol. The van der Waals surface area contributed by atoms with Crippen LogP contribution in [0.4, 0.5) is 11.4 Å². The zero-order valence-corrected chi connectivity index (χ0v) is 15.9. The molecule has 2 rings (SSSR count). The molecule has 29 heavy (non-hydrogen) atoms. The van der Waals surface area contributed by atoms with Crippen LogP contribution in [-0.4, -0.2) is 29.5 Å². The van der Waals surface area contributed by atoms with Crippen molar-refractivity contribution in [2.75, 3.05) is 11.9 Å². The van der Waals surface area contributed by atoms with Crippen LogP contribution in [0, 0.1) is 21.4 Å². The highest BCUT2D eigenvalue weighted by atomic mass is 16.6. The third kappa shape index (κ3) is 6.41. The number of anilines is 1. The SMILES string of the molecule is CC(C)OCc1ccc(C(=O)OCC(=O)Nc2ccc([N+](=O)[O-])cc2C#N)cc1. The second kappa shape index (κ2) is 9.96. The van der Waals surface area contributed by atoms with Gasteiger partial charge in [0.05, 0.1) is 34.4 Å². The van der Waals surface area contributed by atoms with Crippen molar-refractivity contribution in [1.29, 1.82) is 5.26 Å². The number of carbonyl (C=O) groups excluding carboxylic acids is 2. The molecule has 150 valence electrons. The van der Waals surface area contributed by atoms with Crippen molar-refractivity contribution in [1.82, 2.24) is 0 Å². The van der Waals surface area contributed by atoms with Crippen molar-refractivity contribution >= 4 is 23.3 Å². The number of amides is 1. The molecule has 0 fully saturated rings. The van der Waals surface area contributed by atoms with Crippen molar-refractivity contribution in [3.8, 4) is 6.07 Å². The van der Waals surface area contributed by atoms with E-state index in [0.717, 1.165) is 17.7 Å². The molecule has 0 radical (unpaired) electrons. The Morgan fingerprint density at radius 3 is 2.48 bits per heavy atom. The maximum absolute atomic E-state index is 12.1. The van der Waals surface area contributed by atoms with E-state index in [-0.39, 0.29) is 28.6 Å². The third-order valence-electron chi connectivity index (χ3n) is 3.72. The molecule has 2 aromatic rings. The summed E-state index contributed by atoms with van der Waals surface area (Å²) < 4.78 is 10.4. The predicted octanol–water partition coefficient (Wildman–Crippen LogP) is 3.19. The maximum Gasteiger partial charge on any atom is 0.338 e. The third-order valence-corrected chi connectivity index (χ3v) is 3.72. The molecule has 0 aliphatic carbocycles. The first kappa shape index (κ1) is 21.5. The number of nitrogens with zero attached hydrogens (tertiary/aromatic N) is 2. The zero-order chi connectivity index (χ0) is 21.4. The standard InChI is InChI=1S/C20H19N3O6/c1-13(2)28-11-14-3-5-15(6-4-14)20(25)29-12-19(24)22-18-8-7-17(23(26)27)9-16(18)10-21/h3-9,13H,11-12H2,1-2H3,(H,22,24). The number of ether oxygens (including phenoxy) is 2. The van der Waals surface area contributed by atoms with Crippen LogP contribution in [0.3, 0.4) is 0 Å². The van der Waals surface area contributed by atoms with Gasteiger partial charge in [0.2, 0.25) is 0 Å². The number of carbonyl (C=O) groups is 2. The normalized spacial score (nSPS) is 10.3. The number of nitro benzene ring substituents is 1. The molecule has 0 heterocycles. The lowest BCUT2D eigenvalue weighted by Crippen LogP contribution is -2.21. The summed E-state index contributed by atoms with van der Waals surface area (Å²) in [7, 11) is 0. The highest BCUT2D eigenvalue weighted by Gasteiger charge is 2.14. The summed E-state index contributed by atoms with van der Waals surface area (Å²) in [6.07, 6.45) is 0.0930. The molecule has 0 atom stereocenters. The first-order valence-corrected chi connectivity index (χ1v) is 8.66. The van der Waals surface area contributed by atoms with Crippen LogP contribution in [0.2, 0.25) is 0 Å². The fourth-order valence-electron chi connectivity index (χ4n) is 2.25. The smallest absolute Gasteiger partial charge is 0.338 e. The number of benzene rings is 2. The lowest BCUT2D eigenvalue weighted by Gasteiger charge is -2.09. The molecule has 0 saturated heterocycles. The second-order valence-electron chi connectivity index (χ2n) is 6.28. The number of hydrogen-bond acceptors (Lipinski definition) is 7. The molecular weight excluding hydrogens is 378 g/mol. The number of rotatable bonds is 8. The van der Waals surface area contributed by atoms with E-state index in [2.05, 4.69) is 5.32 Å². The van der Waals surface area contributed by atoms with E-state index < -0.39 is 23.4 Å². The zero-order valence-electron chi connectivity index (χ0n) is 15.9. The van der Waals surface area contributed by atoms with Crippen molar-refractivity contribution in [3.05, 3.63) is 69.3 Å². The average Bonchev–Trinajstić information content (AvgIpc) is 2.70. The molecular formula is C20H19N3O6. The number of nitrogens with one attached hydrogen (secondary N) is 1. The van der Waals surface area contributed by atoms with Crippen LogP contribution in [0.15, 0.2) is 42.5 Å². The fourth-order valence-corrected chi connectivity index (χ4v) is 2.25. The Labute approximate surface area is 167 Å². The number of nitriles is 1. The van der Waals surface area contributed by atoms with Crippen molar-refractivity contribution in [3.63, 3.8) is 0 Å². The van der Waals surface area contributed by atoms with Gasteiger partial charge in [-0.05, 0) is 37.6 Å². The molecule has 0 aliphatic heterocycles. The summed E-state index contributed by atoms with van der Waals surface area (Å²) in [5.74, 6) is -1.36. The minimum absolute atomic E-state index is 0.0712. The topological polar surface area (TPSA) is 132 Å². The Morgan fingerprint density at radius 1 is 1.21 bits per heavy atom. The molecule has 9 nitrogen and oxygen atoms in total. The first-order chi connectivity index (χ1) is 13.8. The second-order valence-corrected chi connectivity index (χ2v) is 6.28. The van der Waals surface area contributed by atoms with Crippen LogP contribution in [0.1, 0.15) is 35.3 Å². The lowest BCUT2D eigenvalue weighted by atomic mass is 10.1. The Balaban J connectivity index is 1.91. The average molecular weight is 397 g/mol. The summed E-state index contributed by atoms with van der Waals surface area (Å²) in [6, 6.07) is 11.8. The molecule has 0 aromatic heterocycles. The summed E-state index contributed by atoms with van der Waals surface area (Å²) in [4.78, 5) is 34.2. The van der Waals surface area contributed by atoms with Gasteiger partial charge in [0.1, 0.15) is 6.07 Å². The quantitative estimate of drug-likeness (QED) is 0.411. The summed E-state index contributed by atoms with van der Waals surface area (Å²) in [6.45, 7) is 3.70. The van der Waals surface area contributed by atoms with E-state index in [1.807, 2.05) is 13.8 Å². The molecule has 1 N–H and O–H groups in total. The molecule has 1 amide bonds. The predicted molar refractivity (Wildman–Crippen MR) is 103 cm³/mol. The van der Waals surface area contributed by atoms with Crippen molar-refractivity contribution in [2.24, 2.45) is 0 Å². The van der Waals surface area contributed by atoms with Gasteiger partial charge in [-0.25, -0.2) is 4.79 Å². The van der Waals surface area contributed by atoms with Crippen LogP contribution in [0.5, 0.6) is 0 Å². The number of non-ortho nitro benzene ring substituents is 1. The van der Waals surface area contributed by atoms with Gasteiger partial charge in [0.15, 0.2) is 6.61 Å². The maximum atomic E-state index is 12.1. The van der Waals surface area contributed by atoms with Gasteiger partial charge in [-0.2, -0.15) is 5.26 Å². The van der Waals surface area contributed by atoms with Crippen LogP contribution in [0.25, 0.3) is 0 Å². The minimum atomic E-state index is -0.680. The molecule has 0 spiro atoms. The van der Waals surface area contributed by atoms with E-state index in [0.29, 0.717) is 6.61 Å². The van der Waals surface area contributed by atoms with Crippen LogP contribution in [-0.2, 0) is 20.9 Å². The number of hydrogen-bond donors (Lipinski definition) is 1. The van der Waals surface area contributed by atoms with Gasteiger partial charge < -0.3 is 14.8 Å². The van der Waals surface area contributed by atoms with E-state index in [4.69, 9.17) is 14.7 Å². The highest BCUT2D eigenvalue weighted by Crippen LogP contribution is 2.21. The lowest BCUT2D eigenvalue weighted by molar-refractivity contribution is -0.384. The Hall–Kier alpha value is -3.77. The molecule has 2 aromatic carbocycles. The van der Waals surface area contributed by atoms with Crippen LogP contribution < -0.4 is 5.32 Å². The van der Waals surface area contributed by atoms with E-state index in [1.165, 1.54) is 6.07 Å². The summed E-state index contributed by atoms with van der Waals surface area (Å²) in [5.41, 5.74) is 0.925. The molecule has 0 saturated carbocycles.